The molecule has 3 amide bonds. The van der Waals surface area contributed by atoms with Gasteiger partial charge >= 0.3 is 5.97 Å². The average Bonchev–Trinajstić information content (AvgIpc) is 3.43. The first kappa shape index (κ1) is 32.5. The van der Waals surface area contributed by atoms with Crippen LogP contribution in [-0.2, 0) is 32.0 Å². The summed E-state index contributed by atoms with van der Waals surface area (Å²) in [6.07, 6.45) is 1.74. The van der Waals surface area contributed by atoms with Crippen LogP contribution < -0.4 is 33.2 Å². The Bertz CT molecular complexity index is 1180. The normalized spacial score (nSPS) is 14.5. The van der Waals surface area contributed by atoms with Crippen LogP contribution in [0, 0.1) is 0 Å². The Morgan fingerprint density at radius 3 is 2.15 bits per heavy atom. The molecule has 16 heteroatoms. The number of H-pyrrole nitrogens is 1. The predicted octanol–water partition coefficient (Wildman–Crippen LogP) is -2.80. The topological polar surface area (TPSA) is 284 Å². The van der Waals surface area contributed by atoms with Gasteiger partial charge in [0.15, 0.2) is 5.96 Å². The second-order valence-corrected chi connectivity index (χ2v) is 9.39. The first-order valence-corrected chi connectivity index (χ1v) is 12.8. The number of guanidine groups is 1. The number of nitrogens with one attached hydrogen (secondary N) is 4. The van der Waals surface area contributed by atoms with Gasteiger partial charge in [-0.1, -0.05) is 12.1 Å². The molecule has 0 radical (unpaired) electrons. The number of rotatable bonds is 16. The van der Waals surface area contributed by atoms with E-state index < -0.39 is 54.0 Å². The van der Waals surface area contributed by atoms with E-state index in [4.69, 9.17) is 17.2 Å². The van der Waals surface area contributed by atoms with Crippen molar-refractivity contribution < 1.29 is 34.5 Å². The molecule has 1 aromatic heterocycles. The maximum atomic E-state index is 13.4. The maximum absolute atomic E-state index is 13.4. The summed E-state index contributed by atoms with van der Waals surface area (Å²) in [5.74, 6) is -3.83. The van der Waals surface area contributed by atoms with Crippen LogP contribution in [0.4, 0.5) is 0 Å². The van der Waals surface area contributed by atoms with Crippen molar-refractivity contribution in [2.24, 2.45) is 22.2 Å². The van der Waals surface area contributed by atoms with Crippen molar-refractivity contribution in [3.8, 4) is 5.75 Å². The van der Waals surface area contributed by atoms with Crippen LogP contribution in [0.25, 0.3) is 0 Å². The Balaban J connectivity index is 2.27. The first-order valence-electron chi connectivity index (χ1n) is 12.8. The highest BCUT2D eigenvalue weighted by Gasteiger charge is 2.31. The molecule has 0 saturated heterocycles. The zero-order valence-corrected chi connectivity index (χ0v) is 22.5. The number of phenols is 1. The summed E-state index contributed by atoms with van der Waals surface area (Å²) in [6.45, 7) is 1.47. The first-order chi connectivity index (χ1) is 19.4. The minimum absolute atomic E-state index is 0.0118. The summed E-state index contributed by atoms with van der Waals surface area (Å²) in [7, 11) is 0. The van der Waals surface area contributed by atoms with Gasteiger partial charge in [0.2, 0.25) is 17.7 Å². The van der Waals surface area contributed by atoms with Crippen molar-refractivity contribution in [1.29, 1.82) is 0 Å². The SMILES string of the molecule is CC(O)C(N)C(=O)NC(CCCN=C(N)N)C(=O)NC(Cc1ccc(O)cc1)C(=O)NC(Cc1cnc[nH]1)C(=O)O. The van der Waals surface area contributed by atoms with Gasteiger partial charge in [-0.2, -0.15) is 0 Å². The average molecular weight is 576 g/mol. The molecule has 2 aromatic rings. The van der Waals surface area contributed by atoms with Gasteiger partial charge in [0, 0.05) is 31.3 Å². The van der Waals surface area contributed by atoms with Crippen LogP contribution in [0.1, 0.15) is 31.0 Å². The number of amides is 3. The Morgan fingerprint density at radius 1 is 0.976 bits per heavy atom. The van der Waals surface area contributed by atoms with Crippen molar-refractivity contribution in [2.75, 3.05) is 6.54 Å². The van der Waals surface area contributed by atoms with Crippen molar-refractivity contribution in [3.63, 3.8) is 0 Å². The van der Waals surface area contributed by atoms with Gasteiger partial charge in [0.1, 0.15) is 29.9 Å². The second-order valence-electron chi connectivity index (χ2n) is 9.39. The van der Waals surface area contributed by atoms with E-state index in [2.05, 4.69) is 30.9 Å². The second kappa shape index (κ2) is 15.8. The molecule has 5 unspecified atom stereocenters. The van der Waals surface area contributed by atoms with Crippen molar-refractivity contribution in [1.82, 2.24) is 25.9 Å². The third-order valence-corrected chi connectivity index (χ3v) is 6.00. The summed E-state index contributed by atoms with van der Waals surface area (Å²) in [5, 5.41) is 36.5. The van der Waals surface area contributed by atoms with E-state index in [1.54, 1.807) is 0 Å². The van der Waals surface area contributed by atoms with Crippen LogP contribution in [0.5, 0.6) is 5.75 Å². The molecule has 0 bridgehead atoms. The largest absolute Gasteiger partial charge is 0.508 e. The van der Waals surface area contributed by atoms with E-state index >= 15 is 0 Å². The van der Waals surface area contributed by atoms with Gasteiger partial charge < -0.3 is 53.5 Å². The summed E-state index contributed by atoms with van der Waals surface area (Å²) in [5.41, 5.74) is 17.4. The number of aliphatic hydroxyl groups excluding tert-OH is 1. The standard InChI is InChI=1S/C25H37N9O7/c1-13(35)20(26)23(39)32-17(3-2-8-30-25(27)28)21(37)33-18(9-14-4-6-16(36)7-5-14)22(38)34-19(24(40)41)10-15-11-29-12-31-15/h4-7,11-13,17-20,35-36H,2-3,8-10,26H2,1H3,(H,29,31)(H,32,39)(H,33,37)(H,34,38)(H,40,41)(H4,27,28,30). The van der Waals surface area contributed by atoms with Crippen LogP contribution in [-0.4, -0.2) is 91.8 Å². The minimum Gasteiger partial charge on any atom is -0.508 e. The quantitative estimate of drug-likeness (QED) is 0.0554. The highest BCUT2D eigenvalue weighted by Crippen LogP contribution is 2.12. The number of aliphatic carboxylic acids is 1. The molecule has 16 nitrogen and oxygen atoms in total. The van der Waals surface area contributed by atoms with E-state index in [-0.39, 0.29) is 43.9 Å². The number of aliphatic hydroxyl groups is 1. The molecule has 0 aliphatic heterocycles. The lowest BCUT2D eigenvalue weighted by Crippen LogP contribution is -2.58. The number of aliphatic imine (C=N–C) groups is 1. The highest BCUT2D eigenvalue weighted by atomic mass is 16.4. The summed E-state index contributed by atoms with van der Waals surface area (Å²) in [4.78, 5) is 61.6. The number of aromatic amines is 1. The number of benzene rings is 1. The van der Waals surface area contributed by atoms with Crippen molar-refractivity contribution in [3.05, 3.63) is 48.0 Å². The van der Waals surface area contributed by atoms with Crippen molar-refractivity contribution >= 4 is 29.7 Å². The van der Waals surface area contributed by atoms with Crippen LogP contribution in [0.15, 0.2) is 41.8 Å². The molecule has 13 N–H and O–H groups in total. The molecule has 2 rings (SSSR count). The Morgan fingerprint density at radius 2 is 1.59 bits per heavy atom. The van der Waals surface area contributed by atoms with Gasteiger partial charge in [0.05, 0.1) is 12.4 Å². The lowest BCUT2D eigenvalue weighted by atomic mass is 10.0. The van der Waals surface area contributed by atoms with Gasteiger partial charge in [0.25, 0.3) is 0 Å². The third kappa shape index (κ3) is 11.1. The molecule has 0 fully saturated rings. The number of nitrogens with two attached hydrogens (primary N) is 3. The molecule has 41 heavy (non-hydrogen) atoms. The fraction of sp³-hybridized carbons (Fsp3) is 0.440. The van der Waals surface area contributed by atoms with Crippen molar-refractivity contribution in [2.45, 2.75) is 62.9 Å². The van der Waals surface area contributed by atoms with Gasteiger partial charge in [-0.25, -0.2) is 9.78 Å². The fourth-order valence-corrected chi connectivity index (χ4v) is 3.70. The number of imidazole rings is 1. The molecule has 0 spiro atoms. The monoisotopic (exact) mass is 575 g/mol. The molecular formula is C25H37N9O7. The number of phenolic OH excluding ortho intramolecular Hbond substituents is 1. The lowest BCUT2D eigenvalue weighted by Gasteiger charge is -2.25. The fourth-order valence-electron chi connectivity index (χ4n) is 3.70. The van der Waals surface area contributed by atoms with Gasteiger partial charge in [-0.3, -0.25) is 19.4 Å². The van der Waals surface area contributed by atoms with Gasteiger partial charge in [-0.15, -0.1) is 0 Å². The number of carboxylic acids is 1. The summed E-state index contributed by atoms with van der Waals surface area (Å²) < 4.78 is 0. The van der Waals surface area contributed by atoms with Gasteiger partial charge in [-0.05, 0) is 37.5 Å². The number of carboxylic acid groups (broad SMARTS) is 1. The zero-order valence-electron chi connectivity index (χ0n) is 22.5. The lowest BCUT2D eigenvalue weighted by molar-refractivity contribution is -0.142. The number of hydrogen-bond acceptors (Lipinski definition) is 9. The molecule has 5 atom stereocenters. The minimum atomic E-state index is -1.35. The number of nitrogens with zero attached hydrogens (tertiary/aromatic N) is 2. The van der Waals surface area contributed by atoms with Crippen LogP contribution in [0.3, 0.4) is 0 Å². The van der Waals surface area contributed by atoms with Crippen LogP contribution in [0.2, 0.25) is 0 Å². The zero-order chi connectivity index (χ0) is 30.5. The molecule has 1 aromatic carbocycles. The maximum Gasteiger partial charge on any atom is 0.326 e. The van der Waals surface area contributed by atoms with E-state index in [0.29, 0.717) is 11.3 Å². The third-order valence-electron chi connectivity index (χ3n) is 6.00. The molecular weight excluding hydrogens is 538 g/mol. The Labute approximate surface area is 235 Å². The van der Waals surface area contributed by atoms with E-state index in [1.165, 1.54) is 43.7 Å². The number of hydrogen-bond donors (Lipinski definition) is 10. The Hall–Kier alpha value is -4.70. The highest BCUT2D eigenvalue weighted by molar-refractivity contribution is 5.94. The summed E-state index contributed by atoms with van der Waals surface area (Å²) >= 11 is 0. The van der Waals surface area contributed by atoms with E-state index in [0.717, 1.165) is 0 Å². The molecule has 1 heterocycles. The number of aromatic hydroxyl groups is 1. The molecule has 224 valence electrons. The Kier molecular flexibility index (Phi) is 12.5. The number of aromatic nitrogens is 2. The smallest absolute Gasteiger partial charge is 0.326 e. The number of carbonyl (C=O) groups excluding carboxylic acids is 3. The number of carbonyl (C=O) groups is 4. The summed E-state index contributed by atoms with van der Waals surface area (Å²) in [6, 6.07) is 0.728. The van der Waals surface area contributed by atoms with Crippen LogP contribution >= 0.6 is 0 Å². The van der Waals surface area contributed by atoms with E-state index in [1.807, 2.05) is 0 Å². The molecule has 0 saturated carbocycles. The predicted molar refractivity (Wildman–Crippen MR) is 147 cm³/mol. The molecule has 0 aliphatic rings. The van der Waals surface area contributed by atoms with E-state index in [9.17, 15) is 34.5 Å². The molecule has 0 aliphatic carbocycles.